The zero-order valence-electron chi connectivity index (χ0n) is 16.4. The maximum absolute atomic E-state index is 12.4. The molecule has 0 unspecified atom stereocenters. The highest BCUT2D eigenvalue weighted by Gasteiger charge is 2.27. The van der Waals surface area contributed by atoms with E-state index in [0.29, 0.717) is 48.2 Å². The van der Waals surface area contributed by atoms with E-state index in [1.165, 1.54) is 11.3 Å². The Morgan fingerprint density at radius 1 is 1.17 bits per heavy atom. The van der Waals surface area contributed by atoms with Crippen LogP contribution in [0, 0.1) is 0 Å². The zero-order chi connectivity index (χ0) is 20.9. The summed E-state index contributed by atoms with van der Waals surface area (Å²) in [7, 11) is -0.346. The van der Waals surface area contributed by atoms with Gasteiger partial charge in [-0.15, -0.1) is 11.3 Å². The Morgan fingerprint density at radius 3 is 2.52 bits per heavy atom. The number of carbonyl (C=O) groups excluding carboxylic acids is 1. The average molecular weight is 440 g/mol. The monoisotopic (exact) mass is 439 g/mol. The number of likely N-dealkylation sites (tertiary alicyclic amines) is 1. The van der Waals surface area contributed by atoms with Crippen LogP contribution in [0.15, 0.2) is 39.9 Å². The maximum Gasteiger partial charge on any atom is 0.317 e. The van der Waals surface area contributed by atoms with E-state index in [1.807, 2.05) is 12.1 Å². The van der Waals surface area contributed by atoms with Crippen LogP contribution in [0.2, 0.25) is 0 Å². The van der Waals surface area contributed by atoms with E-state index >= 15 is 0 Å². The van der Waals surface area contributed by atoms with E-state index in [-0.39, 0.29) is 12.1 Å². The van der Waals surface area contributed by atoms with E-state index in [1.54, 1.807) is 42.7 Å². The van der Waals surface area contributed by atoms with Crippen molar-refractivity contribution in [1.29, 1.82) is 0 Å². The normalized spacial score (nSPS) is 15.2. The Hall–Kier alpha value is -2.30. The van der Waals surface area contributed by atoms with Gasteiger partial charge in [-0.05, 0) is 42.0 Å². The number of sulfonamides is 1. The molecule has 1 aromatic carbocycles. The molecular formula is C19H25N3O5S2. The van der Waals surface area contributed by atoms with Crippen molar-refractivity contribution >= 4 is 27.4 Å². The fraction of sp³-hybridized carbons (Fsp3) is 0.421. The van der Waals surface area contributed by atoms with Gasteiger partial charge in [0.2, 0.25) is 10.0 Å². The van der Waals surface area contributed by atoms with Crippen LogP contribution in [0.5, 0.6) is 11.5 Å². The first-order valence-corrected chi connectivity index (χ1v) is 11.6. The molecule has 8 nitrogen and oxygen atoms in total. The minimum absolute atomic E-state index is 0.167. The molecule has 1 aromatic heterocycles. The minimum atomic E-state index is -3.49. The molecule has 2 aromatic rings. The molecule has 0 spiro atoms. The lowest BCUT2D eigenvalue weighted by molar-refractivity contribution is 0.179. The van der Waals surface area contributed by atoms with Gasteiger partial charge in [0, 0.05) is 25.7 Å². The number of ether oxygens (including phenoxy) is 2. The molecule has 2 amide bonds. The number of rotatable bonds is 7. The summed E-state index contributed by atoms with van der Waals surface area (Å²) in [5.74, 6) is 1.24. The van der Waals surface area contributed by atoms with Gasteiger partial charge in [-0.2, -0.15) is 0 Å². The molecule has 0 radical (unpaired) electrons. The predicted molar refractivity (Wildman–Crippen MR) is 111 cm³/mol. The Balaban J connectivity index is 1.48. The summed E-state index contributed by atoms with van der Waals surface area (Å²) in [6.07, 6.45) is 1.16. The molecule has 2 N–H and O–H groups in total. The first-order valence-electron chi connectivity index (χ1n) is 9.22. The summed E-state index contributed by atoms with van der Waals surface area (Å²) in [6, 6.07) is 8.45. The quantitative estimate of drug-likeness (QED) is 0.691. The Labute approximate surface area is 174 Å². The average Bonchev–Trinajstić information content (AvgIpc) is 3.28. The van der Waals surface area contributed by atoms with Crippen molar-refractivity contribution < 1.29 is 22.7 Å². The van der Waals surface area contributed by atoms with E-state index in [0.717, 1.165) is 5.56 Å². The largest absolute Gasteiger partial charge is 0.493 e. The molecule has 29 heavy (non-hydrogen) atoms. The molecule has 10 heteroatoms. The lowest BCUT2D eigenvalue weighted by atomic mass is 10.1. The third-order valence-electron chi connectivity index (χ3n) is 4.76. The van der Waals surface area contributed by atoms with Crippen LogP contribution in [0.3, 0.4) is 0 Å². The second-order valence-electron chi connectivity index (χ2n) is 6.66. The number of hydrogen-bond acceptors (Lipinski definition) is 6. The van der Waals surface area contributed by atoms with Crippen LogP contribution >= 0.6 is 11.3 Å². The number of hydrogen-bond donors (Lipinski definition) is 2. The van der Waals surface area contributed by atoms with Crippen molar-refractivity contribution in [3.63, 3.8) is 0 Å². The summed E-state index contributed by atoms with van der Waals surface area (Å²) in [6.45, 7) is 1.36. The lowest BCUT2D eigenvalue weighted by Gasteiger charge is -2.32. The van der Waals surface area contributed by atoms with Crippen molar-refractivity contribution in [3.05, 3.63) is 41.3 Å². The number of amides is 2. The molecule has 0 bridgehead atoms. The summed E-state index contributed by atoms with van der Waals surface area (Å²) in [4.78, 5) is 14.2. The second kappa shape index (κ2) is 9.47. The van der Waals surface area contributed by atoms with E-state index < -0.39 is 10.0 Å². The van der Waals surface area contributed by atoms with Crippen LogP contribution in [0.4, 0.5) is 4.79 Å². The lowest BCUT2D eigenvalue weighted by Crippen LogP contribution is -2.49. The third-order valence-corrected chi connectivity index (χ3v) is 7.67. The van der Waals surface area contributed by atoms with Crippen molar-refractivity contribution in [2.45, 2.75) is 29.6 Å². The SMILES string of the molecule is COc1ccc(CNC(=O)N2CCC(NS(=O)(=O)c3cccs3)CC2)cc1OC. The Morgan fingerprint density at radius 2 is 1.90 bits per heavy atom. The molecule has 158 valence electrons. The number of carbonyl (C=O) groups is 1. The Kier molecular flexibility index (Phi) is 6.99. The molecular weight excluding hydrogens is 414 g/mol. The fourth-order valence-electron chi connectivity index (χ4n) is 3.17. The van der Waals surface area contributed by atoms with Gasteiger partial charge in [0.15, 0.2) is 11.5 Å². The zero-order valence-corrected chi connectivity index (χ0v) is 18.0. The smallest absolute Gasteiger partial charge is 0.317 e. The number of benzene rings is 1. The van der Waals surface area contributed by atoms with Gasteiger partial charge < -0.3 is 19.7 Å². The van der Waals surface area contributed by atoms with Crippen molar-refractivity contribution in [1.82, 2.24) is 14.9 Å². The van der Waals surface area contributed by atoms with Crippen LogP contribution < -0.4 is 19.5 Å². The Bertz CT molecular complexity index is 923. The number of thiophene rings is 1. The van der Waals surface area contributed by atoms with Crippen molar-refractivity contribution in [2.75, 3.05) is 27.3 Å². The van der Waals surface area contributed by atoms with Gasteiger partial charge in [-0.3, -0.25) is 0 Å². The third kappa shape index (κ3) is 5.40. The molecule has 0 aliphatic carbocycles. The summed E-state index contributed by atoms with van der Waals surface area (Å²) >= 11 is 1.19. The van der Waals surface area contributed by atoms with Gasteiger partial charge in [0.05, 0.1) is 14.2 Å². The van der Waals surface area contributed by atoms with Crippen LogP contribution in [-0.2, 0) is 16.6 Å². The summed E-state index contributed by atoms with van der Waals surface area (Å²) in [5, 5.41) is 4.63. The fourth-order valence-corrected chi connectivity index (χ4v) is 5.49. The molecule has 3 rings (SSSR count). The van der Waals surface area contributed by atoms with Crippen molar-refractivity contribution in [3.8, 4) is 11.5 Å². The van der Waals surface area contributed by atoms with Gasteiger partial charge in [0.25, 0.3) is 0 Å². The van der Waals surface area contributed by atoms with Crippen LogP contribution in [0.1, 0.15) is 18.4 Å². The number of urea groups is 1. The van der Waals surface area contributed by atoms with Gasteiger partial charge >= 0.3 is 6.03 Å². The highest BCUT2D eigenvalue weighted by molar-refractivity contribution is 7.91. The highest BCUT2D eigenvalue weighted by Crippen LogP contribution is 2.27. The van der Waals surface area contributed by atoms with E-state index in [9.17, 15) is 13.2 Å². The molecule has 2 heterocycles. The molecule has 1 aliphatic rings. The van der Waals surface area contributed by atoms with Gasteiger partial charge in [0.1, 0.15) is 4.21 Å². The van der Waals surface area contributed by atoms with Gasteiger partial charge in [-0.25, -0.2) is 17.9 Å². The van der Waals surface area contributed by atoms with Crippen LogP contribution in [-0.4, -0.2) is 52.7 Å². The minimum Gasteiger partial charge on any atom is -0.493 e. The first-order chi connectivity index (χ1) is 13.9. The number of methoxy groups -OCH3 is 2. The first kappa shape index (κ1) is 21.4. The highest BCUT2D eigenvalue weighted by atomic mass is 32.2. The molecule has 0 saturated carbocycles. The predicted octanol–water partition coefficient (Wildman–Crippen LogP) is 2.42. The van der Waals surface area contributed by atoms with Gasteiger partial charge in [-0.1, -0.05) is 12.1 Å². The number of piperidine rings is 1. The summed E-state index contributed by atoms with van der Waals surface area (Å²) in [5.41, 5.74) is 0.898. The van der Waals surface area contributed by atoms with E-state index in [4.69, 9.17) is 9.47 Å². The van der Waals surface area contributed by atoms with Crippen LogP contribution in [0.25, 0.3) is 0 Å². The molecule has 1 aliphatic heterocycles. The second-order valence-corrected chi connectivity index (χ2v) is 9.55. The number of nitrogens with zero attached hydrogens (tertiary/aromatic N) is 1. The summed E-state index contributed by atoms with van der Waals surface area (Å²) < 4.78 is 38.2. The molecule has 1 saturated heterocycles. The number of nitrogens with one attached hydrogen (secondary N) is 2. The molecule has 1 fully saturated rings. The standard InChI is InChI=1S/C19H25N3O5S2/c1-26-16-6-5-14(12-17(16)27-2)13-20-19(23)22-9-7-15(8-10-22)21-29(24,25)18-4-3-11-28-18/h3-6,11-12,15,21H,7-10,13H2,1-2H3,(H,20,23). The topological polar surface area (TPSA) is 97.0 Å². The van der Waals surface area contributed by atoms with E-state index in [2.05, 4.69) is 10.0 Å². The molecule has 0 atom stereocenters. The van der Waals surface area contributed by atoms with Crippen molar-refractivity contribution in [2.24, 2.45) is 0 Å². The maximum atomic E-state index is 12.4.